The molecule has 2 N–H and O–H groups in total. The second kappa shape index (κ2) is 4.03. The van der Waals surface area contributed by atoms with E-state index in [-0.39, 0.29) is 6.61 Å². The summed E-state index contributed by atoms with van der Waals surface area (Å²) in [5.74, 6) is 0. The van der Waals surface area contributed by atoms with E-state index < -0.39 is 0 Å². The summed E-state index contributed by atoms with van der Waals surface area (Å²) in [7, 11) is 0. The third-order valence-electron chi connectivity index (χ3n) is 2.85. The molecule has 0 spiro atoms. The molecule has 0 aliphatic carbocycles. The van der Waals surface area contributed by atoms with Crippen molar-refractivity contribution in [3.63, 3.8) is 0 Å². The van der Waals surface area contributed by atoms with Gasteiger partial charge >= 0.3 is 0 Å². The highest BCUT2D eigenvalue weighted by Gasteiger charge is 2.07. The average molecular weight is 224 g/mol. The Hall–Kier alpha value is -2.13. The molecule has 1 heterocycles. The predicted molar refractivity (Wildman–Crippen MR) is 67.5 cm³/mol. The van der Waals surface area contributed by atoms with Crippen molar-refractivity contribution >= 4 is 10.9 Å². The van der Waals surface area contributed by atoms with Gasteiger partial charge in [0.1, 0.15) is 0 Å². The van der Waals surface area contributed by atoms with Crippen LogP contribution in [-0.2, 0) is 6.61 Å². The molecule has 17 heavy (non-hydrogen) atoms. The zero-order valence-electron chi connectivity index (χ0n) is 9.22. The van der Waals surface area contributed by atoms with Gasteiger partial charge in [0.15, 0.2) is 0 Å². The summed E-state index contributed by atoms with van der Waals surface area (Å²) in [5.41, 5.74) is 3.87. The molecule has 0 aliphatic rings. The van der Waals surface area contributed by atoms with Crippen LogP contribution in [0.25, 0.3) is 22.2 Å². The first-order valence-electron chi connectivity index (χ1n) is 5.52. The van der Waals surface area contributed by atoms with Crippen molar-refractivity contribution in [3.8, 4) is 11.3 Å². The number of nitrogens with zero attached hydrogens (tertiary/aromatic N) is 1. The van der Waals surface area contributed by atoms with Crippen molar-refractivity contribution in [3.05, 3.63) is 54.1 Å². The highest BCUT2D eigenvalue weighted by molar-refractivity contribution is 5.92. The number of aromatic nitrogens is 2. The van der Waals surface area contributed by atoms with Crippen molar-refractivity contribution in [1.82, 2.24) is 10.2 Å². The van der Waals surface area contributed by atoms with Crippen LogP contribution in [0, 0.1) is 0 Å². The van der Waals surface area contributed by atoms with Gasteiger partial charge in [-0.1, -0.05) is 36.4 Å². The lowest BCUT2D eigenvalue weighted by Crippen LogP contribution is -1.85. The van der Waals surface area contributed by atoms with Crippen LogP contribution in [0.1, 0.15) is 5.56 Å². The Bertz CT molecular complexity index is 658. The van der Waals surface area contributed by atoms with E-state index >= 15 is 0 Å². The van der Waals surface area contributed by atoms with Crippen LogP contribution in [0.3, 0.4) is 0 Å². The number of H-pyrrole nitrogens is 1. The normalized spacial score (nSPS) is 10.9. The number of hydrogen-bond donors (Lipinski definition) is 2. The summed E-state index contributed by atoms with van der Waals surface area (Å²) >= 11 is 0. The van der Waals surface area contributed by atoms with Gasteiger partial charge in [0.2, 0.25) is 0 Å². The van der Waals surface area contributed by atoms with Gasteiger partial charge in [0.25, 0.3) is 0 Å². The van der Waals surface area contributed by atoms with E-state index in [2.05, 4.69) is 10.2 Å². The standard InChI is InChI=1S/C14H12N2O/c17-9-10-4-3-5-11(8-10)14-12-6-1-2-7-13(12)15-16-14/h1-8,17H,9H2,(H,15,16). The number of benzene rings is 2. The number of rotatable bonds is 2. The van der Waals surface area contributed by atoms with Gasteiger partial charge in [-0.15, -0.1) is 0 Å². The Morgan fingerprint density at radius 2 is 1.94 bits per heavy atom. The minimum Gasteiger partial charge on any atom is -0.392 e. The molecule has 0 unspecified atom stereocenters. The fourth-order valence-corrected chi connectivity index (χ4v) is 2.00. The van der Waals surface area contributed by atoms with Crippen LogP contribution in [-0.4, -0.2) is 15.3 Å². The maximum absolute atomic E-state index is 9.14. The molecule has 0 aliphatic heterocycles. The highest BCUT2D eigenvalue weighted by Crippen LogP contribution is 2.26. The number of hydrogen-bond acceptors (Lipinski definition) is 2. The van der Waals surface area contributed by atoms with Gasteiger partial charge in [-0.05, 0) is 17.7 Å². The number of aliphatic hydroxyl groups excluding tert-OH is 1. The minimum atomic E-state index is 0.0518. The summed E-state index contributed by atoms with van der Waals surface area (Å²) < 4.78 is 0. The molecule has 3 aromatic rings. The van der Waals surface area contributed by atoms with E-state index in [0.29, 0.717) is 0 Å². The summed E-state index contributed by atoms with van der Waals surface area (Å²) in [4.78, 5) is 0. The summed E-state index contributed by atoms with van der Waals surface area (Å²) in [6.07, 6.45) is 0. The van der Waals surface area contributed by atoms with Gasteiger partial charge in [-0.2, -0.15) is 5.10 Å². The minimum absolute atomic E-state index is 0.0518. The quantitative estimate of drug-likeness (QED) is 0.703. The van der Waals surface area contributed by atoms with Crippen molar-refractivity contribution in [2.45, 2.75) is 6.61 Å². The average Bonchev–Trinajstić information content (AvgIpc) is 2.82. The van der Waals surface area contributed by atoms with Gasteiger partial charge in [-0.25, -0.2) is 0 Å². The van der Waals surface area contributed by atoms with Crippen LogP contribution in [0.4, 0.5) is 0 Å². The maximum Gasteiger partial charge on any atom is 0.0999 e. The Kier molecular flexibility index (Phi) is 2.38. The monoisotopic (exact) mass is 224 g/mol. The van der Waals surface area contributed by atoms with E-state index in [0.717, 1.165) is 27.7 Å². The molecule has 84 valence electrons. The fourth-order valence-electron chi connectivity index (χ4n) is 2.00. The molecule has 1 aromatic heterocycles. The molecule has 0 amide bonds. The second-order valence-electron chi connectivity index (χ2n) is 3.98. The first kappa shape index (κ1) is 10.1. The number of nitrogens with one attached hydrogen (secondary N) is 1. The SMILES string of the molecule is OCc1cccc(-c2n[nH]c3ccccc23)c1. The Balaban J connectivity index is 2.20. The molecule has 0 saturated carbocycles. The van der Waals surface area contributed by atoms with Crippen molar-refractivity contribution < 1.29 is 5.11 Å². The Morgan fingerprint density at radius 1 is 1.06 bits per heavy atom. The fraction of sp³-hybridized carbons (Fsp3) is 0.0714. The number of fused-ring (bicyclic) bond motifs is 1. The van der Waals surface area contributed by atoms with Crippen LogP contribution >= 0.6 is 0 Å². The first-order chi connectivity index (χ1) is 8.38. The molecule has 3 nitrogen and oxygen atoms in total. The molecule has 0 atom stereocenters. The maximum atomic E-state index is 9.14. The highest BCUT2D eigenvalue weighted by atomic mass is 16.3. The lowest BCUT2D eigenvalue weighted by atomic mass is 10.1. The number of aliphatic hydroxyl groups is 1. The zero-order chi connectivity index (χ0) is 11.7. The first-order valence-corrected chi connectivity index (χ1v) is 5.52. The van der Waals surface area contributed by atoms with E-state index in [1.165, 1.54) is 0 Å². The second-order valence-corrected chi connectivity index (χ2v) is 3.98. The lowest BCUT2D eigenvalue weighted by molar-refractivity contribution is 0.282. The lowest BCUT2D eigenvalue weighted by Gasteiger charge is -2.00. The van der Waals surface area contributed by atoms with E-state index in [4.69, 9.17) is 5.11 Å². The molecule has 3 rings (SSSR count). The van der Waals surface area contributed by atoms with Crippen LogP contribution in [0.5, 0.6) is 0 Å². The Labute approximate surface area is 98.7 Å². The topological polar surface area (TPSA) is 48.9 Å². The third-order valence-corrected chi connectivity index (χ3v) is 2.85. The van der Waals surface area contributed by atoms with Crippen molar-refractivity contribution in [2.24, 2.45) is 0 Å². The molecule has 0 fully saturated rings. The predicted octanol–water partition coefficient (Wildman–Crippen LogP) is 2.72. The van der Waals surface area contributed by atoms with Crippen LogP contribution in [0.2, 0.25) is 0 Å². The van der Waals surface area contributed by atoms with Gasteiger partial charge in [-0.3, -0.25) is 5.10 Å². The summed E-state index contributed by atoms with van der Waals surface area (Å²) in [6, 6.07) is 15.8. The van der Waals surface area contributed by atoms with Gasteiger partial charge in [0.05, 0.1) is 17.8 Å². The molecule has 3 heteroatoms. The smallest absolute Gasteiger partial charge is 0.0999 e. The van der Waals surface area contributed by atoms with Gasteiger partial charge < -0.3 is 5.11 Å². The summed E-state index contributed by atoms with van der Waals surface area (Å²) in [5, 5.41) is 17.6. The van der Waals surface area contributed by atoms with Gasteiger partial charge in [0, 0.05) is 10.9 Å². The Morgan fingerprint density at radius 3 is 2.82 bits per heavy atom. The molecule has 0 bridgehead atoms. The van der Waals surface area contributed by atoms with E-state index in [1.807, 2.05) is 48.5 Å². The zero-order valence-corrected chi connectivity index (χ0v) is 9.22. The molecule has 2 aromatic carbocycles. The van der Waals surface area contributed by atoms with E-state index in [9.17, 15) is 0 Å². The molecular weight excluding hydrogens is 212 g/mol. The molecule has 0 saturated heterocycles. The van der Waals surface area contributed by atoms with Crippen LogP contribution < -0.4 is 0 Å². The summed E-state index contributed by atoms with van der Waals surface area (Å²) in [6.45, 7) is 0.0518. The van der Waals surface area contributed by atoms with Crippen molar-refractivity contribution in [2.75, 3.05) is 0 Å². The third kappa shape index (κ3) is 1.70. The largest absolute Gasteiger partial charge is 0.392 e. The number of aromatic amines is 1. The van der Waals surface area contributed by atoms with Crippen LogP contribution in [0.15, 0.2) is 48.5 Å². The van der Waals surface area contributed by atoms with Crippen molar-refractivity contribution in [1.29, 1.82) is 0 Å². The molecule has 0 radical (unpaired) electrons. The molecular formula is C14H12N2O. The number of para-hydroxylation sites is 1. The van der Waals surface area contributed by atoms with E-state index in [1.54, 1.807) is 0 Å².